The van der Waals surface area contributed by atoms with Crippen LogP contribution in [0.2, 0.25) is 0 Å². The minimum absolute atomic E-state index is 0.134. The van der Waals surface area contributed by atoms with Crippen LogP contribution in [0, 0.1) is 5.92 Å². The molecule has 3 unspecified atom stereocenters. The van der Waals surface area contributed by atoms with E-state index < -0.39 is 0 Å². The van der Waals surface area contributed by atoms with Gasteiger partial charge in [-0.25, -0.2) is 0 Å². The normalized spacial score (nSPS) is 35.3. The first-order valence-corrected chi connectivity index (χ1v) is 7.71. The fraction of sp³-hybridized carbons (Fsp3) is 1.00. The summed E-state index contributed by atoms with van der Waals surface area (Å²) in [6.45, 7) is 4.35. The van der Waals surface area contributed by atoms with Crippen molar-refractivity contribution in [3.63, 3.8) is 0 Å². The Morgan fingerprint density at radius 2 is 2.53 bits per heavy atom. The van der Waals surface area contributed by atoms with E-state index >= 15 is 0 Å². The van der Waals surface area contributed by atoms with Crippen LogP contribution in [0.4, 0.5) is 0 Å². The summed E-state index contributed by atoms with van der Waals surface area (Å²) < 4.78 is 11.5. The maximum atomic E-state index is 6.03. The SMILES string of the molecule is CCOCC(NN)C1CCOC2(CCSC2)C1. The van der Waals surface area contributed by atoms with Gasteiger partial charge in [-0.3, -0.25) is 11.3 Å². The predicted octanol–water partition coefficient (Wildman–Crippen LogP) is 1.16. The summed E-state index contributed by atoms with van der Waals surface area (Å²) in [5.41, 5.74) is 3.06. The van der Waals surface area contributed by atoms with Crippen molar-refractivity contribution in [2.24, 2.45) is 11.8 Å². The zero-order chi connectivity index (χ0) is 12.1. The van der Waals surface area contributed by atoms with Crippen molar-refractivity contribution >= 4 is 11.8 Å². The van der Waals surface area contributed by atoms with E-state index in [4.69, 9.17) is 15.3 Å². The van der Waals surface area contributed by atoms with E-state index in [1.165, 1.54) is 12.2 Å². The van der Waals surface area contributed by atoms with Crippen LogP contribution in [0.5, 0.6) is 0 Å². The van der Waals surface area contributed by atoms with Gasteiger partial charge in [-0.1, -0.05) is 0 Å². The third-order valence-corrected chi connectivity index (χ3v) is 5.11. The molecular weight excluding hydrogens is 236 g/mol. The summed E-state index contributed by atoms with van der Waals surface area (Å²) in [5.74, 6) is 8.62. The highest BCUT2D eigenvalue weighted by atomic mass is 32.2. The Kier molecular flexibility index (Phi) is 5.11. The molecule has 2 heterocycles. The standard InChI is InChI=1S/C12H24N2O2S/c1-2-15-8-11(14-13)10-3-5-16-12(7-10)4-6-17-9-12/h10-11,14H,2-9,13H2,1H3. The second-order valence-electron chi connectivity index (χ2n) is 5.02. The van der Waals surface area contributed by atoms with Gasteiger partial charge in [0.2, 0.25) is 0 Å². The van der Waals surface area contributed by atoms with Gasteiger partial charge in [0, 0.05) is 25.0 Å². The van der Waals surface area contributed by atoms with Crippen LogP contribution in [0.15, 0.2) is 0 Å². The lowest BCUT2D eigenvalue weighted by atomic mass is 9.81. The molecule has 1 spiro atoms. The van der Waals surface area contributed by atoms with Gasteiger partial charge in [-0.2, -0.15) is 11.8 Å². The Balaban J connectivity index is 1.90. The van der Waals surface area contributed by atoms with Crippen molar-refractivity contribution in [1.29, 1.82) is 0 Å². The number of thioether (sulfide) groups is 1. The number of ether oxygens (including phenoxy) is 2. The van der Waals surface area contributed by atoms with E-state index in [0.29, 0.717) is 12.5 Å². The molecule has 4 nitrogen and oxygen atoms in total. The fourth-order valence-corrected chi connectivity index (χ4v) is 4.22. The quantitative estimate of drug-likeness (QED) is 0.574. The van der Waals surface area contributed by atoms with Crippen LogP contribution in [-0.4, -0.2) is 43.0 Å². The van der Waals surface area contributed by atoms with E-state index in [-0.39, 0.29) is 11.6 Å². The molecule has 0 saturated carbocycles. The van der Waals surface area contributed by atoms with Crippen molar-refractivity contribution < 1.29 is 9.47 Å². The molecule has 2 aliphatic rings. The molecule has 2 rings (SSSR count). The zero-order valence-electron chi connectivity index (χ0n) is 10.6. The van der Waals surface area contributed by atoms with Gasteiger partial charge in [-0.15, -0.1) is 0 Å². The van der Waals surface area contributed by atoms with E-state index in [1.807, 2.05) is 18.7 Å². The number of hydrogen-bond acceptors (Lipinski definition) is 5. The van der Waals surface area contributed by atoms with Crippen LogP contribution in [0.3, 0.4) is 0 Å². The van der Waals surface area contributed by atoms with E-state index in [1.54, 1.807) is 0 Å². The molecule has 0 aromatic carbocycles. The summed E-state index contributed by atoms with van der Waals surface area (Å²) in [6.07, 6.45) is 3.41. The fourth-order valence-electron chi connectivity index (χ4n) is 2.84. The van der Waals surface area contributed by atoms with Gasteiger partial charge in [0.1, 0.15) is 0 Å². The molecule has 2 saturated heterocycles. The van der Waals surface area contributed by atoms with Gasteiger partial charge in [0.05, 0.1) is 12.2 Å². The maximum Gasteiger partial charge on any atom is 0.0783 e. The molecule has 5 heteroatoms. The third-order valence-electron chi connectivity index (χ3n) is 3.88. The van der Waals surface area contributed by atoms with Gasteiger partial charge >= 0.3 is 0 Å². The van der Waals surface area contributed by atoms with Gasteiger partial charge in [-0.05, 0) is 37.9 Å². The Bertz CT molecular complexity index is 235. The molecular formula is C12H24N2O2S. The smallest absolute Gasteiger partial charge is 0.0783 e. The third kappa shape index (κ3) is 3.35. The van der Waals surface area contributed by atoms with Crippen molar-refractivity contribution in [2.75, 3.05) is 31.3 Å². The molecule has 0 radical (unpaired) electrons. The van der Waals surface area contributed by atoms with Crippen molar-refractivity contribution in [3.05, 3.63) is 0 Å². The van der Waals surface area contributed by atoms with Crippen molar-refractivity contribution in [1.82, 2.24) is 5.43 Å². The molecule has 17 heavy (non-hydrogen) atoms. The zero-order valence-corrected chi connectivity index (χ0v) is 11.4. The summed E-state index contributed by atoms with van der Waals surface area (Å²) >= 11 is 2.01. The second kappa shape index (κ2) is 6.38. The summed E-state index contributed by atoms with van der Waals surface area (Å²) in [7, 11) is 0. The lowest BCUT2D eigenvalue weighted by Gasteiger charge is -2.40. The van der Waals surface area contributed by atoms with E-state index in [2.05, 4.69) is 5.43 Å². The average Bonchev–Trinajstić information content (AvgIpc) is 2.78. The van der Waals surface area contributed by atoms with Crippen LogP contribution in [-0.2, 0) is 9.47 Å². The Morgan fingerprint density at radius 3 is 3.18 bits per heavy atom. The summed E-state index contributed by atoms with van der Waals surface area (Å²) in [5, 5.41) is 0. The second-order valence-corrected chi connectivity index (χ2v) is 6.12. The molecule has 3 atom stereocenters. The molecule has 3 N–H and O–H groups in total. The summed E-state index contributed by atoms with van der Waals surface area (Å²) in [6, 6.07) is 0.265. The number of rotatable bonds is 5. The van der Waals surface area contributed by atoms with Crippen LogP contribution < -0.4 is 11.3 Å². The maximum absolute atomic E-state index is 6.03. The van der Waals surface area contributed by atoms with Gasteiger partial charge < -0.3 is 9.47 Å². The predicted molar refractivity (Wildman–Crippen MR) is 71.0 cm³/mol. The average molecular weight is 260 g/mol. The van der Waals surface area contributed by atoms with Gasteiger partial charge in [0.25, 0.3) is 0 Å². The topological polar surface area (TPSA) is 56.5 Å². The number of hydrazine groups is 1. The minimum atomic E-state index is 0.134. The lowest BCUT2D eigenvalue weighted by molar-refractivity contribution is -0.0893. The largest absolute Gasteiger partial charge is 0.380 e. The highest BCUT2D eigenvalue weighted by molar-refractivity contribution is 7.99. The molecule has 0 amide bonds. The van der Waals surface area contributed by atoms with Crippen LogP contribution in [0.1, 0.15) is 26.2 Å². The molecule has 0 aliphatic carbocycles. The molecule has 0 aromatic rings. The Hall–Kier alpha value is 0.190. The van der Waals surface area contributed by atoms with Crippen molar-refractivity contribution in [2.45, 2.75) is 37.8 Å². The number of nitrogens with one attached hydrogen (secondary N) is 1. The molecule has 100 valence electrons. The van der Waals surface area contributed by atoms with Crippen LogP contribution >= 0.6 is 11.8 Å². The first kappa shape index (κ1) is 13.6. The molecule has 2 fully saturated rings. The highest BCUT2D eigenvalue weighted by Gasteiger charge is 2.42. The highest BCUT2D eigenvalue weighted by Crippen LogP contribution is 2.41. The Labute approximate surface area is 108 Å². The van der Waals surface area contributed by atoms with Crippen LogP contribution in [0.25, 0.3) is 0 Å². The minimum Gasteiger partial charge on any atom is -0.380 e. The molecule has 0 aromatic heterocycles. The molecule has 0 bridgehead atoms. The number of nitrogens with two attached hydrogens (primary N) is 1. The first-order chi connectivity index (χ1) is 8.29. The Morgan fingerprint density at radius 1 is 1.65 bits per heavy atom. The first-order valence-electron chi connectivity index (χ1n) is 6.55. The van der Waals surface area contributed by atoms with Gasteiger partial charge in [0.15, 0.2) is 0 Å². The number of hydrogen-bond donors (Lipinski definition) is 2. The summed E-state index contributed by atoms with van der Waals surface area (Å²) in [4.78, 5) is 0. The van der Waals surface area contributed by atoms with Crippen molar-refractivity contribution in [3.8, 4) is 0 Å². The van der Waals surface area contributed by atoms with E-state index in [0.717, 1.165) is 31.8 Å². The lowest BCUT2D eigenvalue weighted by Crippen LogP contribution is -2.50. The van der Waals surface area contributed by atoms with E-state index in [9.17, 15) is 0 Å². The molecule has 2 aliphatic heterocycles. The monoisotopic (exact) mass is 260 g/mol.